The van der Waals surface area contributed by atoms with Gasteiger partial charge in [0.05, 0.1) is 19.8 Å². The van der Waals surface area contributed by atoms with Crippen molar-refractivity contribution in [3.63, 3.8) is 0 Å². The maximum absolute atomic E-state index is 11.9. The number of aliphatic hydroxyl groups is 1. The molecular weight excluding hydrogens is 350 g/mol. The van der Waals surface area contributed by atoms with Crippen LogP contribution >= 0.6 is 0 Å². The van der Waals surface area contributed by atoms with E-state index >= 15 is 0 Å². The molecule has 0 aromatic heterocycles. The third-order valence-electron chi connectivity index (χ3n) is 4.63. The molecule has 1 aromatic carbocycles. The maximum atomic E-state index is 11.9. The number of likely N-dealkylation sites (tertiary alicyclic amines) is 1. The quantitative estimate of drug-likeness (QED) is 0.522. The van der Waals surface area contributed by atoms with Crippen molar-refractivity contribution < 1.29 is 24.2 Å². The molecule has 8 heteroatoms. The lowest BCUT2D eigenvalue weighted by Crippen LogP contribution is -2.51. The number of hydrogen-bond acceptors (Lipinski definition) is 6. The van der Waals surface area contributed by atoms with Crippen molar-refractivity contribution in [3.8, 4) is 5.75 Å². The number of rotatable bonds is 5. The normalized spacial score (nSPS) is 20.4. The number of methoxy groups -OCH3 is 1. The summed E-state index contributed by atoms with van der Waals surface area (Å²) in [6.45, 7) is 0.767. The summed E-state index contributed by atoms with van der Waals surface area (Å²) >= 11 is 0. The molecule has 0 saturated carbocycles. The zero-order valence-electron chi connectivity index (χ0n) is 14.9. The van der Waals surface area contributed by atoms with Crippen LogP contribution in [-0.2, 0) is 9.59 Å². The number of aliphatic hydroxyl groups excluding tert-OH is 1. The molecular formula is C19H21N3O5. The number of imide groups is 2. The van der Waals surface area contributed by atoms with Gasteiger partial charge < -0.3 is 14.7 Å². The van der Waals surface area contributed by atoms with Crippen molar-refractivity contribution in [3.05, 3.63) is 47.6 Å². The van der Waals surface area contributed by atoms with Crippen LogP contribution in [0.3, 0.4) is 0 Å². The number of benzene rings is 1. The van der Waals surface area contributed by atoms with Crippen molar-refractivity contribution >= 4 is 23.5 Å². The zero-order chi connectivity index (χ0) is 19.4. The fraction of sp³-hybridized carbons (Fsp3) is 0.316. The van der Waals surface area contributed by atoms with Crippen LogP contribution in [-0.4, -0.2) is 54.2 Å². The number of amides is 4. The summed E-state index contributed by atoms with van der Waals surface area (Å²) in [5.74, 6) is -0.774. The van der Waals surface area contributed by atoms with Crippen LogP contribution < -0.4 is 15.4 Å². The second kappa shape index (κ2) is 8.05. The van der Waals surface area contributed by atoms with E-state index in [1.807, 2.05) is 24.3 Å². The number of ether oxygens (including phenoxy) is 1. The molecule has 2 fully saturated rings. The molecule has 1 aromatic rings. The summed E-state index contributed by atoms with van der Waals surface area (Å²) in [6, 6.07) is 6.52. The van der Waals surface area contributed by atoms with E-state index in [1.165, 1.54) is 6.08 Å². The Kier molecular flexibility index (Phi) is 5.56. The number of allylic oxidation sites excluding steroid dienone is 2. The zero-order valence-corrected chi connectivity index (χ0v) is 14.9. The molecule has 4 amide bonds. The van der Waals surface area contributed by atoms with Gasteiger partial charge in [0.2, 0.25) is 0 Å². The minimum Gasteiger partial charge on any atom is -0.497 e. The fourth-order valence-electron chi connectivity index (χ4n) is 3.25. The highest BCUT2D eigenvalue weighted by atomic mass is 16.5. The Labute approximate surface area is 156 Å². The first-order valence-electron chi connectivity index (χ1n) is 8.64. The molecule has 1 atom stereocenters. The molecule has 0 bridgehead atoms. The van der Waals surface area contributed by atoms with E-state index in [-0.39, 0.29) is 18.2 Å². The monoisotopic (exact) mass is 371 g/mol. The van der Waals surface area contributed by atoms with Crippen molar-refractivity contribution in [2.75, 3.05) is 20.3 Å². The number of carbonyl (C=O) groups is 3. The van der Waals surface area contributed by atoms with Crippen LogP contribution in [0.4, 0.5) is 4.79 Å². The topological polar surface area (TPSA) is 108 Å². The predicted octanol–water partition coefficient (Wildman–Crippen LogP) is 0.785. The summed E-state index contributed by atoms with van der Waals surface area (Å²) in [5.41, 5.74) is 1.49. The second-order valence-electron chi connectivity index (χ2n) is 6.27. The van der Waals surface area contributed by atoms with E-state index in [2.05, 4.69) is 15.5 Å². The largest absolute Gasteiger partial charge is 0.497 e. The van der Waals surface area contributed by atoms with Gasteiger partial charge >= 0.3 is 6.03 Å². The minimum atomic E-state index is -0.832. The Morgan fingerprint density at radius 2 is 1.89 bits per heavy atom. The van der Waals surface area contributed by atoms with Gasteiger partial charge in [0.1, 0.15) is 11.3 Å². The van der Waals surface area contributed by atoms with Crippen LogP contribution in [0.1, 0.15) is 18.4 Å². The number of nitrogens with zero attached hydrogens (tertiary/aromatic N) is 1. The number of hydrogen-bond donors (Lipinski definition) is 3. The Hall–Kier alpha value is -3.13. The molecule has 2 aliphatic rings. The van der Waals surface area contributed by atoms with E-state index in [0.29, 0.717) is 5.75 Å². The molecule has 142 valence electrons. The molecule has 0 spiro atoms. The molecule has 0 radical (unpaired) electrons. The van der Waals surface area contributed by atoms with Gasteiger partial charge in [0, 0.05) is 12.2 Å². The fourth-order valence-corrected chi connectivity index (χ4v) is 3.25. The standard InChI is InChI=1S/C19H21N3O5/c1-27-14-6-4-12(5-7-14)16(22-10-2-3-13(22)11-23)9-8-15-17(24)20-19(26)21-18(15)25/h4-9,13,23H,2-3,10-11H2,1H3,(H2,20,21,24,25,26)/b16-9-/t13-/m0/s1. The van der Waals surface area contributed by atoms with Crippen molar-refractivity contribution in [1.29, 1.82) is 0 Å². The van der Waals surface area contributed by atoms with Crippen LogP contribution in [0, 0.1) is 0 Å². The lowest BCUT2D eigenvalue weighted by molar-refractivity contribution is -0.124. The first-order valence-corrected chi connectivity index (χ1v) is 8.64. The van der Waals surface area contributed by atoms with Gasteiger partial charge in [-0.2, -0.15) is 0 Å². The number of barbiturate groups is 1. The lowest BCUT2D eigenvalue weighted by atomic mass is 10.1. The molecule has 3 rings (SSSR count). The third-order valence-corrected chi connectivity index (χ3v) is 4.63. The molecule has 0 unspecified atom stereocenters. The molecule has 2 aliphatic heterocycles. The highest BCUT2D eigenvalue weighted by Crippen LogP contribution is 2.30. The Bertz CT molecular complexity index is 791. The van der Waals surface area contributed by atoms with Gasteiger partial charge in [-0.3, -0.25) is 20.2 Å². The Morgan fingerprint density at radius 3 is 2.48 bits per heavy atom. The first-order chi connectivity index (χ1) is 13.0. The summed E-state index contributed by atoms with van der Waals surface area (Å²) in [6.07, 6.45) is 4.85. The molecule has 2 saturated heterocycles. The van der Waals surface area contributed by atoms with Crippen molar-refractivity contribution in [2.24, 2.45) is 0 Å². The van der Waals surface area contributed by atoms with Gasteiger partial charge in [-0.05, 0) is 54.8 Å². The molecule has 0 aliphatic carbocycles. The second-order valence-corrected chi connectivity index (χ2v) is 6.27. The average Bonchev–Trinajstić information content (AvgIpc) is 3.12. The van der Waals surface area contributed by atoms with Crippen LogP contribution in [0.25, 0.3) is 5.70 Å². The predicted molar refractivity (Wildman–Crippen MR) is 97.5 cm³/mol. The van der Waals surface area contributed by atoms with E-state index in [0.717, 1.165) is 30.6 Å². The summed E-state index contributed by atoms with van der Waals surface area (Å²) in [4.78, 5) is 37.1. The van der Waals surface area contributed by atoms with Gasteiger partial charge in [0.25, 0.3) is 11.8 Å². The summed E-state index contributed by atoms with van der Waals surface area (Å²) in [5, 5.41) is 13.8. The smallest absolute Gasteiger partial charge is 0.328 e. The Morgan fingerprint density at radius 1 is 1.22 bits per heavy atom. The molecule has 2 heterocycles. The van der Waals surface area contributed by atoms with E-state index in [9.17, 15) is 19.5 Å². The minimum absolute atomic E-state index is 0.0134. The number of carbonyl (C=O) groups excluding carboxylic acids is 3. The van der Waals surface area contributed by atoms with Gasteiger partial charge in [0.15, 0.2) is 0 Å². The lowest BCUT2D eigenvalue weighted by Gasteiger charge is -2.28. The van der Waals surface area contributed by atoms with Crippen LogP contribution in [0.5, 0.6) is 5.75 Å². The molecule has 27 heavy (non-hydrogen) atoms. The first kappa shape index (κ1) is 18.7. The Balaban J connectivity index is 1.99. The van der Waals surface area contributed by atoms with Crippen LogP contribution in [0.2, 0.25) is 0 Å². The average molecular weight is 371 g/mol. The summed E-state index contributed by atoms with van der Waals surface area (Å²) < 4.78 is 5.19. The van der Waals surface area contributed by atoms with Gasteiger partial charge in [-0.25, -0.2) is 4.79 Å². The third kappa shape index (κ3) is 4.01. The van der Waals surface area contributed by atoms with E-state index < -0.39 is 17.8 Å². The van der Waals surface area contributed by atoms with Crippen molar-refractivity contribution in [2.45, 2.75) is 18.9 Å². The molecule has 3 N–H and O–H groups in total. The van der Waals surface area contributed by atoms with Crippen molar-refractivity contribution in [1.82, 2.24) is 15.5 Å². The number of nitrogens with one attached hydrogen (secondary N) is 2. The maximum Gasteiger partial charge on any atom is 0.328 e. The van der Waals surface area contributed by atoms with E-state index in [4.69, 9.17) is 4.74 Å². The highest BCUT2D eigenvalue weighted by molar-refractivity contribution is 6.29. The molecule has 8 nitrogen and oxygen atoms in total. The highest BCUT2D eigenvalue weighted by Gasteiger charge is 2.29. The van der Waals surface area contributed by atoms with Gasteiger partial charge in [-0.1, -0.05) is 0 Å². The van der Waals surface area contributed by atoms with E-state index in [1.54, 1.807) is 13.2 Å². The van der Waals surface area contributed by atoms with Crippen LogP contribution in [0.15, 0.2) is 42.0 Å². The SMILES string of the molecule is COc1ccc(/C(=C/C=C2C(=O)NC(=O)NC2=O)N2CCC[C@H]2CO)cc1. The summed E-state index contributed by atoms with van der Waals surface area (Å²) in [7, 11) is 1.58. The number of urea groups is 1. The van der Waals surface area contributed by atoms with Gasteiger partial charge in [-0.15, -0.1) is 0 Å².